The molecule has 1 saturated heterocycles. The molecule has 1 heterocycles. The summed E-state index contributed by atoms with van der Waals surface area (Å²) in [5.41, 5.74) is 7.15. The normalized spacial score (nSPS) is 16.8. The van der Waals surface area contributed by atoms with Crippen LogP contribution in [-0.2, 0) is 20.7 Å². The van der Waals surface area contributed by atoms with Gasteiger partial charge in [-0.1, -0.05) is 48.5 Å². The Bertz CT molecular complexity index is 991. The Kier molecular flexibility index (Phi) is 7.45. The van der Waals surface area contributed by atoms with E-state index in [9.17, 15) is 9.59 Å². The number of amides is 3. The summed E-state index contributed by atoms with van der Waals surface area (Å²) >= 11 is 0. The van der Waals surface area contributed by atoms with Crippen molar-refractivity contribution < 1.29 is 23.6 Å². The zero-order valence-electron chi connectivity index (χ0n) is 19.4. The molecular weight excluding hydrogens is 421 g/mol. The zero-order chi connectivity index (χ0) is 24.1. The van der Waals surface area contributed by atoms with Crippen LogP contribution >= 0.6 is 0 Å². The predicted octanol–water partition coefficient (Wildman–Crippen LogP) is 4.12. The number of primary amides is 1. The Balaban J connectivity index is 1.72. The standard InChI is InChI=1S/C24H30BN3O5/c1-23(2)24(3,4)33-25(32-23)19(14-17-10-12-20(13-11-17)28-21(26)29)15-27-22(30)31-16-18-8-6-5-7-9-18/h5-14H,15-16H2,1-4H3,(H,27,30)(H3,26,28,29). The first-order chi connectivity index (χ1) is 15.6. The summed E-state index contributed by atoms with van der Waals surface area (Å²) in [5.74, 6) is 0. The Morgan fingerprint density at radius 3 is 2.18 bits per heavy atom. The zero-order valence-corrected chi connectivity index (χ0v) is 19.4. The van der Waals surface area contributed by atoms with Crippen LogP contribution in [0.4, 0.5) is 15.3 Å². The number of hydrogen-bond acceptors (Lipinski definition) is 5. The summed E-state index contributed by atoms with van der Waals surface area (Å²) in [4.78, 5) is 23.3. The van der Waals surface area contributed by atoms with Crippen molar-refractivity contribution in [2.45, 2.75) is 45.5 Å². The van der Waals surface area contributed by atoms with E-state index in [1.807, 2.05) is 76.2 Å². The van der Waals surface area contributed by atoms with Crippen molar-refractivity contribution in [3.05, 3.63) is 71.2 Å². The fourth-order valence-corrected chi connectivity index (χ4v) is 3.16. The minimum atomic E-state index is -0.646. The molecule has 0 radical (unpaired) electrons. The van der Waals surface area contributed by atoms with Crippen molar-refractivity contribution in [2.75, 3.05) is 11.9 Å². The molecule has 3 rings (SSSR count). The third-order valence-corrected chi connectivity index (χ3v) is 5.74. The van der Waals surface area contributed by atoms with E-state index < -0.39 is 30.4 Å². The number of alkyl carbamates (subject to hydrolysis) is 1. The molecule has 8 nitrogen and oxygen atoms in total. The van der Waals surface area contributed by atoms with E-state index in [2.05, 4.69) is 10.6 Å². The van der Waals surface area contributed by atoms with Crippen molar-refractivity contribution in [2.24, 2.45) is 5.73 Å². The maximum atomic E-state index is 12.3. The van der Waals surface area contributed by atoms with Gasteiger partial charge in [0.15, 0.2) is 0 Å². The van der Waals surface area contributed by atoms with Gasteiger partial charge in [0.05, 0.1) is 11.2 Å². The molecule has 0 aliphatic carbocycles. The van der Waals surface area contributed by atoms with Crippen molar-refractivity contribution in [1.29, 1.82) is 0 Å². The van der Waals surface area contributed by atoms with Crippen LogP contribution in [-0.4, -0.2) is 37.0 Å². The summed E-state index contributed by atoms with van der Waals surface area (Å²) in [6.07, 6.45) is 1.34. The van der Waals surface area contributed by atoms with E-state index in [4.69, 9.17) is 19.8 Å². The second kappa shape index (κ2) is 10.1. The largest absolute Gasteiger partial charge is 0.492 e. The van der Waals surface area contributed by atoms with E-state index >= 15 is 0 Å². The minimum Gasteiger partial charge on any atom is -0.445 e. The number of nitrogens with one attached hydrogen (secondary N) is 2. The predicted molar refractivity (Wildman–Crippen MR) is 128 cm³/mol. The van der Waals surface area contributed by atoms with Gasteiger partial charge >= 0.3 is 19.2 Å². The number of ether oxygens (including phenoxy) is 1. The highest BCUT2D eigenvalue weighted by Gasteiger charge is 2.52. The van der Waals surface area contributed by atoms with Crippen LogP contribution in [0.25, 0.3) is 6.08 Å². The number of benzene rings is 2. The number of hydrogen-bond donors (Lipinski definition) is 3. The third kappa shape index (κ3) is 6.60. The maximum absolute atomic E-state index is 12.3. The van der Waals surface area contributed by atoms with Gasteiger partial charge in [0.25, 0.3) is 0 Å². The number of carbonyl (C=O) groups excluding carboxylic acids is 2. The van der Waals surface area contributed by atoms with Crippen LogP contribution in [0, 0.1) is 0 Å². The van der Waals surface area contributed by atoms with Gasteiger partial charge in [-0.25, -0.2) is 9.59 Å². The lowest BCUT2D eigenvalue weighted by Crippen LogP contribution is -2.41. The van der Waals surface area contributed by atoms with Crippen LogP contribution in [0.1, 0.15) is 38.8 Å². The molecule has 174 valence electrons. The summed E-state index contributed by atoms with van der Waals surface area (Å²) in [5, 5.41) is 5.30. The highest BCUT2D eigenvalue weighted by atomic mass is 16.7. The molecule has 1 aliphatic rings. The average Bonchev–Trinajstić information content (AvgIpc) is 2.98. The van der Waals surface area contributed by atoms with Crippen LogP contribution < -0.4 is 16.4 Å². The van der Waals surface area contributed by atoms with Crippen LogP contribution in [0.15, 0.2) is 60.1 Å². The Morgan fingerprint density at radius 1 is 1.00 bits per heavy atom. The number of anilines is 1. The minimum absolute atomic E-state index is 0.172. The molecule has 9 heteroatoms. The van der Waals surface area contributed by atoms with Gasteiger partial charge in [0, 0.05) is 12.2 Å². The molecule has 2 aromatic rings. The van der Waals surface area contributed by atoms with Gasteiger partial charge in [-0.2, -0.15) is 0 Å². The first-order valence-corrected chi connectivity index (χ1v) is 10.7. The Labute approximate surface area is 194 Å². The van der Waals surface area contributed by atoms with E-state index in [1.165, 1.54) is 0 Å². The molecule has 33 heavy (non-hydrogen) atoms. The lowest BCUT2D eigenvalue weighted by atomic mass is 9.77. The topological polar surface area (TPSA) is 112 Å². The molecule has 0 spiro atoms. The van der Waals surface area contributed by atoms with E-state index in [0.717, 1.165) is 16.6 Å². The maximum Gasteiger partial charge on any atom is 0.492 e. The monoisotopic (exact) mass is 451 g/mol. The van der Waals surface area contributed by atoms with E-state index in [-0.39, 0.29) is 13.2 Å². The van der Waals surface area contributed by atoms with Gasteiger partial charge in [-0.05, 0) is 56.4 Å². The number of carbonyl (C=O) groups is 2. The van der Waals surface area contributed by atoms with Crippen LogP contribution in [0.2, 0.25) is 0 Å². The molecule has 1 aliphatic heterocycles. The average molecular weight is 451 g/mol. The molecule has 0 aromatic heterocycles. The second-order valence-corrected chi connectivity index (χ2v) is 8.83. The van der Waals surface area contributed by atoms with Crippen molar-refractivity contribution in [3.8, 4) is 0 Å². The molecule has 0 saturated carbocycles. The molecule has 1 fully saturated rings. The van der Waals surface area contributed by atoms with Gasteiger partial charge < -0.3 is 30.4 Å². The highest BCUT2D eigenvalue weighted by Crippen LogP contribution is 2.38. The SMILES string of the molecule is CC1(C)OB(C(=Cc2ccc(NC(N)=O)cc2)CNC(=O)OCc2ccccc2)OC1(C)C. The lowest BCUT2D eigenvalue weighted by molar-refractivity contribution is 0.00578. The Hall–Kier alpha value is -3.30. The summed E-state index contributed by atoms with van der Waals surface area (Å²) in [7, 11) is -0.646. The first-order valence-electron chi connectivity index (χ1n) is 10.7. The quantitative estimate of drug-likeness (QED) is 0.549. The van der Waals surface area contributed by atoms with Gasteiger partial charge in [0.2, 0.25) is 0 Å². The van der Waals surface area contributed by atoms with Gasteiger partial charge in [0.1, 0.15) is 6.61 Å². The van der Waals surface area contributed by atoms with E-state index in [0.29, 0.717) is 5.69 Å². The Morgan fingerprint density at radius 2 is 1.61 bits per heavy atom. The second-order valence-electron chi connectivity index (χ2n) is 8.83. The third-order valence-electron chi connectivity index (χ3n) is 5.74. The molecule has 0 atom stereocenters. The van der Waals surface area contributed by atoms with Gasteiger partial charge in [-0.15, -0.1) is 0 Å². The van der Waals surface area contributed by atoms with Gasteiger partial charge in [-0.3, -0.25) is 0 Å². The van der Waals surface area contributed by atoms with Crippen LogP contribution in [0.3, 0.4) is 0 Å². The van der Waals surface area contributed by atoms with Crippen LogP contribution in [0.5, 0.6) is 0 Å². The molecule has 0 unspecified atom stereocenters. The summed E-state index contributed by atoms with van der Waals surface area (Å²) < 4.78 is 17.7. The fraction of sp³-hybridized carbons (Fsp3) is 0.333. The number of urea groups is 1. The lowest BCUT2D eigenvalue weighted by Gasteiger charge is -2.32. The summed E-state index contributed by atoms with van der Waals surface area (Å²) in [6, 6.07) is 15.9. The molecule has 3 amide bonds. The van der Waals surface area contributed by atoms with Crippen molar-refractivity contribution in [3.63, 3.8) is 0 Å². The molecule has 2 aromatic carbocycles. The van der Waals surface area contributed by atoms with Crippen molar-refractivity contribution >= 4 is 31.0 Å². The smallest absolute Gasteiger partial charge is 0.445 e. The molecular formula is C24H30BN3O5. The highest BCUT2D eigenvalue weighted by molar-refractivity contribution is 6.56. The summed E-state index contributed by atoms with van der Waals surface area (Å²) in [6.45, 7) is 8.22. The van der Waals surface area contributed by atoms with Crippen molar-refractivity contribution in [1.82, 2.24) is 5.32 Å². The number of nitrogens with two attached hydrogens (primary N) is 1. The first kappa shape index (κ1) is 24.3. The number of rotatable bonds is 7. The molecule has 4 N–H and O–H groups in total. The molecule has 0 bridgehead atoms. The fourth-order valence-electron chi connectivity index (χ4n) is 3.16. The van der Waals surface area contributed by atoms with E-state index in [1.54, 1.807) is 12.1 Å².